The number of aromatic nitrogens is 5. The van der Waals surface area contributed by atoms with E-state index in [1.54, 1.807) is 29.9 Å². The van der Waals surface area contributed by atoms with Crippen molar-refractivity contribution in [1.82, 2.24) is 30.1 Å². The van der Waals surface area contributed by atoms with Crippen LogP contribution in [0.15, 0.2) is 52.9 Å². The van der Waals surface area contributed by atoms with Crippen LogP contribution in [0.1, 0.15) is 30.5 Å². The Kier molecular flexibility index (Phi) is 6.60. The van der Waals surface area contributed by atoms with Crippen LogP contribution in [-0.2, 0) is 0 Å². The smallest absolute Gasteiger partial charge is 0.144 e. The molecule has 0 spiro atoms. The molecule has 0 amide bonds. The highest BCUT2D eigenvalue weighted by atomic mass is 32.2. The number of aromatic amines is 1. The van der Waals surface area contributed by atoms with Gasteiger partial charge in [0.1, 0.15) is 16.9 Å². The summed E-state index contributed by atoms with van der Waals surface area (Å²) in [5.74, 6) is -0.344. The maximum absolute atomic E-state index is 13.5. The van der Waals surface area contributed by atoms with Crippen LogP contribution in [0.5, 0.6) is 0 Å². The van der Waals surface area contributed by atoms with E-state index in [2.05, 4.69) is 31.7 Å². The van der Waals surface area contributed by atoms with Crippen LogP contribution in [0.4, 0.5) is 4.39 Å². The summed E-state index contributed by atoms with van der Waals surface area (Å²) in [6, 6.07) is 7.12. The lowest BCUT2D eigenvalue weighted by atomic mass is 10.1. The molecule has 31 heavy (non-hydrogen) atoms. The normalized spacial score (nSPS) is 13.5. The maximum Gasteiger partial charge on any atom is 0.144 e. The predicted octanol–water partition coefficient (Wildman–Crippen LogP) is 4.35. The van der Waals surface area contributed by atoms with Gasteiger partial charge >= 0.3 is 0 Å². The Labute approximate surface area is 183 Å². The van der Waals surface area contributed by atoms with Crippen LogP contribution in [-0.4, -0.2) is 37.9 Å². The molecular formula is C22H22FN7S. The van der Waals surface area contributed by atoms with E-state index in [0.29, 0.717) is 21.8 Å². The molecule has 5 heterocycles. The van der Waals surface area contributed by atoms with Crippen molar-refractivity contribution in [2.24, 2.45) is 0 Å². The molecule has 158 valence electrons. The number of nitrogens with zero attached hydrogens (tertiary/aromatic N) is 5. The zero-order chi connectivity index (χ0) is 21.6. The molecule has 0 aliphatic carbocycles. The van der Waals surface area contributed by atoms with Crippen molar-refractivity contribution in [2.75, 3.05) is 13.1 Å². The average molecular weight is 436 g/mol. The number of hydrogen-bond donors (Lipinski definition) is 2. The zero-order valence-electron chi connectivity index (χ0n) is 17.1. The lowest BCUT2D eigenvalue weighted by Crippen LogP contribution is -2.21. The molecule has 0 radical (unpaired) electrons. The predicted molar refractivity (Wildman–Crippen MR) is 117 cm³/mol. The van der Waals surface area contributed by atoms with Gasteiger partial charge in [-0.05, 0) is 51.1 Å². The summed E-state index contributed by atoms with van der Waals surface area (Å²) in [7, 11) is 0. The molecule has 0 aromatic carbocycles. The molecule has 0 saturated carbocycles. The monoisotopic (exact) mass is 435 g/mol. The molecule has 0 unspecified atom stereocenters. The number of H-pyrrole nitrogens is 1. The van der Waals surface area contributed by atoms with Gasteiger partial charge in [-0.25, -0.2) is 13.9 Å². The van der Waals surface area contributed by atoms with Crippen molar-refractivity contribution in [3.8, 4) is 17.2 Å². The molecule has 2 N–H and O–H groups in total. The highest BCUT2D eigenvalue weighted by Gasteiger charge is 2.14. The minimum atomic E-state index is -0.344. The Morgan fingerprint density at radius 2 is 2.00 bits per heavy atom. The summed E-state index contributed by atoms with van der Waals surface area (Å²) in [6.07, 6.45) is 11.1. The second-order valence-corrected chi connectivity index (χ2v) is 8.23. The van der Waals surface area contributed by atoms with Gasteiger partial charge < -0.3 is 5.32 Å². The molecule has 0 bridgehead atoms. The number of rotatable bonds is 3. The number of nitriles is 1. The Balaban J connectivity index is 0.000000334. The van der Waals surface area contributed by atoms with Crippen LogP contribution >= 0.6 is 11.8 Å². The SMILES string of the molecule is C1CCNCC1.Cc1nc(Sc2cc(-c3cn[nH]c3)cn3ncc(C#N)c23)ccc1F. The zero-order valence-corrected chi connectivity index (χ0v) is 17.9. The summed E-state index contributed by atoms with van der Waals surface area (Å²) in [6.45, 7) is 4.12. The van der Waals surface area contributed by atoms with Crippen molar-refractivity contribution < 1.29 is 4.39 Å². The van der Waals surface area contributed by atoms with Crippen molar-refractivity contribution in [3.63, 3.8) is 0 Å². The molecule has 1 aliphatic heterocycles. The molecule has 0 atom stereocenters. The van der Waals surface area contributed by atoms with E-state index in [1.807, 2.05) is 12.3 Å². The molecule has 5 rings (SSSR count). The molecule has 9 heteroatoms. The first-order valence-corrected chi connectivity index (χ1v) is 10.9. The van der Waals surface area contributed by atoms with Crippen LogP contribution in [0.2, 0.25) is 0 Å². The molecule has 4 aromatic heterocycles. The van der Waals surface area contributed by atoms with Gasteiger partial charge in [0.15, 0.2) is 0 Å². The van der Waals surface area contributed by atoms with Gasteiger partial charge in [-0.15, -0.1) is 0 Å². The largest absolute Gasteiger partial charge is 0.317 e. The van der Waals surface area contributed by atoms with Gasteiger partial charge in [-0.2, -0.15) is 15.5 Å². The molecule has 4 aromatic rings. The van der Waals surface area contributed by atoms with Gasteiger partial charge in [-0.1, -0.05) is 18.2 Å². The number of aryl methyl sites for hydroxylation is 1. The Morgan fingerprint density at radius 3 is 2.61 bits per heavy atom. The van der Waals surface area contributed by atoms with Crippen LogP contribution in [0.3, 0.4) is 0 Å². The molecule has 1 aliphatic rings. The van der Waals surface area contributed by atoms with Gasteiger partial charge in [0.05, 0.1) is 29.2 Å². The number of nitrogens with one attached hydrogen (secondary N) is 2. The first-order chi connectivity index (χ1) is 15.2. The van der Waals surface area contributed by atoms with Gasteiger partial charge in [-0.3, -0.25) is 5.10 Å². The lowest BCUT2D eigenvalue weighted by Gasteiger charge is -2.08. The number of fused-ring (bicyclic) bond motifs is 1. The van der Waals surface area contributed by atoms with Gasteiger partial charge in [0.25, 0.3) is 0 Å². The Hall–Kier alpha value is -3.22. The molecular weight excluding hydrogens is 413 g/mol. The lowest BCUT2D eigenvalue weighted by molar-refractivity contribution is 0.520. The Morgan fingerprint density at radius 1 is 1.16 bits per heavy atom. The second-order valence-electron chi connectivity index (χ2n) is 7.17. The van der Waals surface area contributed by atoms with Crippen molar-refractivity contribution in [2.45, 2.75) is 36.1 Å². The summed E-state index contributed by atoms with van der Waals surface area (Å²) in [4.78, 5) is 5.08. The first kappa shape index (κ1) is 21.0. The minimum absolute atomic E-state index is 0.334. The van der Waals surface area contributed by atoms with E-state index in [9.17, 15) is 9.65 Å². The summed E-state index contributed by atoms with van der Waals surface area (Å²) in [5.41, 5.74) is 3.31. The van der Waals surface area contributed by atoms with E-state index < -0.39 is 0 Å². The topological polar surface area (TPSA) is 94.7 Å². The molecule has 7 nitrogen and oxygen atoms in total. The van der Waals surface area contributed by atoms with E-state index in [0.717, 1.165) is 16.0 Å². The van der Waals surface area contributed by atoms with Crippen LogP contribution in [0, 0.1) is 24.1 Å². The summed E-state index contributed by atoms with van der Waals surface area (Å²) < 4.78 is 15.1. The fourth-order valence-electron chi connectivity index (χ4n) is 3.30. The average Bonchev–Trinajstić information content (AvgIpc) is 3.48. The summed E-state index contributed by atoms with van der Waals surface area (Å²) >= 11 is 1.37. The molecule has 1 fully saturated rings. The molecule has 1 saturated heterocycles. The third-order valence-electron chi connectivity index (χ3n) is 4.95. The van der Waals surface area contributed by atoms with Gasteiger partial charge in [0, 0.05) is 28.4 Å². The highest BCUT2D eigenvalue weighted by molar-refractivity contribution is 7.99. The second kappa shape index (κ2) is 9.73. The number of halogens is 1. The first-order valence-electron chi connectivity index (χ1n) is 10.1. The van der Waals surface area contributed by atoms with Crippen molar-refractivity contribution in [3.05, 3.63) is 60.1 Å². The third kappa shape index (κ3) is 4.93. The highest BCUT2D eigenvalue weighted by Crippen LogP contribution is 2.35. The van der Waals surface area contributed by atoms with E-state index >= 15 is 0 Å². The van der Waals surface area contributed by atoms with Crippen LogP contribution in [0.25, 0.3) is 16.6 Å². The Bertz CT molecular complexity index is 1200. The third-order valence-corrected chi connectivity index (χ3v) is 5.91. The standard InChI is InChI=1S/C17H11FN6S.C5H11N/c1-10-14(18)2-3-16(23-10)25-15-4-11(13-6-20-21-7-13)9-24-17(15)12(5-19)8-22-24;1-2-4-6-5-3-1/h2-4,6-9H,1H3,(H,20,21);6H,1-5H2. The quantitative estimate of drug-likeness (QED) is 0.497. The fraction of sp³-hybridized carbons (Fsp3) is 0.273. The number of piperidine rings is 1. The van der Waals surface area contributed by atoms with Crippen molar-refractivity contribution in [1.29, 1.82) is 5.26 Å². The van der Waals surface area contributed by atoms with Gasteiger partial charge in [0.2, 0.25) is 0 Å². The summed E-state index contributed by atoms with van der Waals surface area (Å²) in [5, 5.41) is 24.3. The number of pyridine rings is 2. The fourth-order valence-corrected chi connectivity index (χ4v) is 4.33. The van der Waals surface area contributed by atoms with Crippen LogP contribution < -0.4 is 5.32 Å². The van der Waals surface area contributed by atoms with E-state index in [1.165, 1.54) is 56.4 Å². The minimum Gasteiger partial charge on any atom is -0.317 e. The van der Waals surface area contributed by atoms with E-state index in [4.69, 9.17) is 0 Å². The van der Waals surface area contributed by atoms with E-state index in [-0.39, 0.29) is 5.82 Å². The maximum atomic E-state index is 13.5. The van der Waals surface area contributed by atoms with Crippen molar-refractivity contribution >= 4 is 17.3 Å². The number of hydrogen-bond acceptors (Lipinski definition) is 6.